The normalized spacial score (nSPS) is 13.0. The van der Waals surface area contributed by atoms with Gasteiger partial charge in [0.1, 0.15) is 0 Å². The van der Waals surface area contributed by atoms with Gasteiger partial charge in [-0.05, 0) is 50.2 Å². The fourth-order valence-electron chi connectivity index (χ4n) is 1.96. The predicted octanol–water partition coefficient (Wildman–Crippen LogP) is 2.28. The number of ether oxygens (including phenoxy) is 2. The zero-order valence-corrected chi connectivity index (χ0v) is 12.2. The molecular formula is C14H19NO3S. The van der Waals surface area contributed by atoms with Gasteiger partial charge in [-0.3, -0.25) is 9.69 Å². The number of hydrogen-bond acceptors (Lipinski definition) is 5. The van der Waals surface area contributed by atoms with Crippen LogP contribution >= 0.6 is 11.8 Å². The number of nitrogens with zero attached hydrogens (tertiary/aromatic N) is 1. The first-order valence-corrected chi connectivity index (χ1v) is 7.70. The van der Waals surface area contributed by atoms with Crippen LogP contribution in [0.1, 0.15) is 16.8 Å². The van der Waals surface area contributed by atoms with Gasteiger partial charge in [-0.25, -0.2) is 0 Å². The maximum absolute atomic E-state index is 12.1. The Morgan fingerprint density at radius 1 is 1.37 bits per heavy atom. The Kier molecular flexibility index (Phi) is 5.10. The van der Waals surface area contributed by atoms with Crippen LogP contribution in [0.4, 0.5) is 0 Å². The molecule has 4 nitrogen and oxygen atoms in total. The van der Waals surface area contributed by atoms with Gasteiger partial charge in [0, 0.05) is 5.56 Å². The summed E-state index contributed by atoms with van der Waals surface area (Å²) >= 11 is 1.83. The largest absolute Gasteiger partial charge is 0.454 e. The van der Waals surface area contributed by atoms with E-state index in [4.69, 9.17) is 9.47 Å². The second kappa shape index (κ2) is 6.82. The van der Waals surface area contributed by atoms with Crippen molar-refractivity contribution in [2.75, 3.05) is 38.9 Å². The lowest BCUT2D eigenvalue weighted by Crippen LogP contribution is -2.27. The van der Waals surface area contributed by atoms with Crippen molar-refractivity contribution in [3.63, 3.8) is 0 Å². The van der Waals surface area contributed by atoms with E-state index in [2.05, 4.69) is 11.2 Å². The lowest BCUT2D eigenvalue weighted by atomic mass is 10.1. The summed E-state index contributed by atoms with van der Waals surface area (Å²) in [4.78, 5) is 14.2. The first-order chi connectivity index (χ1) is 9.20. The highest BCUT2D eigenvalue weighted by atomic mass is 32.2. The number of Topliss-reactive ketones (excluding diaryl/α,β-unsaturated/α-hetero) is 1. The fourth-order valence-corrected chi connectivity index (χ4v) is 2.38. The topological polar surface area (TPSA) is 38.8 Å². The molecule has 0 amide bonds. The number of rotatable bonds is 7. The second-order valence-corrected chi connectivity index (χ2v) is 5.56. The molecule has 0 radical (unpaired) electrons. The Balaban J connectivity index is 1.89. The molecule has 0 aliphatic carbocycles. The minimum Gasteiger partial charge on any atom is -0.454 e. The molecule has 0 unspecified atom stereocenters. The van der Waals surface area contributed by atoms with E-state index in [0.29, 0.717) is 23.6 Å². The highest BCUT2D eigenvalue weighted by Crippen LogP contribution is 2.32. The molecule has 0 aromatic heterocycles. The van der Waals surface area contributed by atoms with Crippen molar-refractivity contribution in [3.8, 4) is 11.5 Å². The van der Waals surface area contributed by atoms with E-state index in [1.165, 1.54) is 0 Å². The number of likely N-dealkylation sites (N-methyl/N-ethyl adjacent to an activating group) is 1. The molecule has 1 aliphatic heterocycles. The maximum atomic E-state index is 12.1. The molecule has 1 heterocycles. The lowest BCUT2D eigenvalue weighted by molar-refractivity contribution is 0.0946. The minimum atomic E-state index is 0.116. The van der Waals surface area contributed by atoms with Crippen molar-refractivity contribution >= 4 is 17.5 Å². The molecule has 0 saturated carbocycles. The third-order valence-corrected chi connectivity index (χ3v) is 3.69. The molecule has 1 aromatic rings. The van der Waals surface area contributed by atoms with Crippen molar-refractivity contribution in [2.45, 2.75) is 6.42 Å². The molecule has 0 spiro atoms. The summed E-state index contributed by atoms with van der Waals surface area (Å²) in [6.45, 7) is 1.62. The minimum absolute atomic E-state index is 0.116. The molecule has 2 rings (SSSR count). The number of ketones is 1. The predicted molar refractivity (Wildman–Crippen MR) is 77.4 cm³/mol. The molecule has 0 fully saturated rings. The highest BCUT2D eigenvalue weighted by Gasteiger charge is 2.16. The number of carbonyl (C=O) groups excluding carboxylic acids is 1. The average molecular weight is 281 g/mol. The molecule has 0 atom stereocenters. The number of benzene rings is 1. The second-order valence-electron chi connectivity index (χ2n) is 4.58. The Morgan fingerprint density at radius 2 is 2.16 bits per heavy atom. The lowest BCUT2D eigenvalue weighted by Gasteiger charge is -2.15. The van der Waals surface area contributed by atoms with Crippen LogP contribution in [0.5, 0.6) is 11.5 Å². The molecule has 19 heavy (non-hydrogen) atoms. The highest BCUT2D eigenvalue weighted by molar-refractivity contribution is 7.98. The Morgan fingerprint density at radius 3 is 2.95 bits per heavy atom. The van der Waals surface area contributed by atoms with Gasteiger partial charge in [0.15, 0.2) is 17.3 Å². The van der Waals surface area contributed by atoms with Gasteiger partial charge in [-0.1, -0.05) is 0 Å². The zero-order chi connectivity index (χ0) is 13.7. The van der Waals surface area contributed by atoms with E-state index in [9.17, 15) is 4.79 Å². The van der Waals surface area contributed by atoms with Crippen LogP contribution in [0.3, 0.4) is 0 Å². The van der Waals surface area contributed by atoms with Crippen LogP contribution in [0.15, 0.2) is 18.2 Å². The number of carbonyl (C=O) groups is 1. The number of fused-ring (bicyclic) bond motifs is 1. The number of thioether (sulfide) groups is 1. The van der Waals surface area contributed by atoms with E-state index < -0.39 is 0 Å². The molecular weight excluding hydrogens is 262 g/mol. The van der Waals surface area contributed by atoms with E-state index in [0.717, 1.165) is 18.7 Å². The summed E-state index contributed by atoms with van der Waals surface area (Å²) < 4.78 is 10.5. The summed E-state index contributed by atoms with van der Waals surface area (Å²) in [5, 5.41) is 0. The van der Waals surface area contributed by atoms with Crippen molar-refractivity contribution < 1.29 is 14.3 Å². The van der Waals surface area contributed by atoms with E-state index in [1.54, 1.807) is 18.2 Å². The first-order valence-electron chi connectivity index (χ1n) is 6.31. The third-order valence-electron chi connectivity index (χ3n) is 3.00. The summed E-state index contributed by atoms with van der Waals surface area (Å²) in [5.74, 6) is 2.62. The standard InChI is InChI=1S/C14H19NO3S/c1-15(6-3-7-19-2)9-12(16)11-4-5-13-14(8-11)18-10-17-13/h4-5,8H,3,6-7,9-10H2,1-2H3. The molecule has 0 bridgehead atoms. The van der Waals surface area contributed by atoms with Crippen molar-refractivity contribution in [1.29, 1.82) is 0 Å². The molecule has 1 aromatic carbocycles. The smallest absolute Gasteiger partial charge is 0.231 e. The van der Waals surface area contributed by atoms with Gasteiger partial charge in [0.25, 0.3) is 0 Å². The van der Waals surface area contributed by atoms with Crippen molar-refractivity contribution in [1.82, 2.24) is 4.90 Å². The SMILES string of the molecule is CSCCCN(C)CC(=O)c1ccc2c(c1)OCO2. The van der Waals surface area contributed by atoms with E-state index in [-0.39, 0.29) is 12.6 Å². The first kappa shape index (κ1) is 14.2. The van der Waals surface area contributed by atoms with Crippen LogP contribution in [0, 0.1) is 0 Å². The summed E-state index contributed by atoms with van der Waals surface area (Å²) in [7, 11) is 1.98. The van der Waals surface area contributed by atoms with Crippen LogP contribution in [-0.2, 0) is 0 Å². The van der Waals surface area contributed by atoms with Gasteiger partial charge >= 0.3 is 0 Å². The van der Waals surface area contributed by atoms with Crippen molar-refractivity contribution in [2.24, 2.45) is 0 Å². The van der Waals surface area contributed by atoms with Crippen molar-refractivity contribution in [3.05, 3.63) is 23.8 Å². The van der Waals surface area contributed by atoms with Gasteiger partial charge in [-0.15, -0.1) is 0 Å². The Bertz CT molecular complexity index is 450. The molecule has 5 heteroatoms. The Labute approximate surface area is 118 Å². The quantitative estimate of drug-likeness (QED) is 0.566. The molecule has 1 aliphatic rings. The summed E-state index contributed by atoms with van der Waals surface area (Å²) in [5.41, 5.74) is 0.681. The van der Waals surface area contributed by atoms with Gasteiger partial charge in [0.05, 0.1) is 6.54 Å². The average Bonchev–Trinajstić information content (AvgIpc) is 2.86. The summed E-state index contributed by atoms with van der Waals surface area (Å²) in [6.07, 6.45) is 3.20. The zero-order valence-electron chi connectivity index (χ0n) is 11.3. The van der Waals surface area contributed by atoms with Crippen LogP contribution in [0.25, 0.3) is 0 Å². The molecule has 104 valence electrons. The van der Waals surface area contributed by atoms with Gasteiger partial charge < -0.3 is 9.47 Å². The van der Waals surface area contributed by atoms with Gasteiger partial charge in [-0.2, -0.15) is 11.8 Å². The van der Waals surface area contributed by atoms with Gasteiger partial charge in [0.2, 0.25) is 6.79 Å². The van der Waals surface area contributed by atoms with Crippen LogP contribution in [0.2, 0.25) is 0 Å². The van der Waals surface area contributed by atoms with E-state index >= 15 is 0 Å². The number of hydrogen-bond donors (Lipinski definition) is 0. The van der Waals surface area contributed by atoms with E-state index in [1.807, 2.05) is 18.8 Å². The Hall–Kier alpha value is -1.20. The molecule has 0 N–H and O–H groups in total. The summed E-state index contributed by atoms with van der Waals surface area (Å²) in [6, 6.07) is 5.36. The fraction of sp³-hybridized carbons (Fsp3) is 0.500. The third kappa shape index (κ3) is 3.88. The molecule has 0 saturated heterocycles. The van der Waals surface area contributed by atoms with Crippen LogP contribution in [-0.4, -0.2) is 49.6 Å². The monoisotopic (exact) mass is 281 g/mol. The maximum Gasteiger partial charge on any atom is 0.231 e. The van der Waals surface area contributed by atoms with Crippen LogP contribution < -0.4 is 9.47 Å².